The van der Waals surface area contributed by atoms with E-state index in [9.17, 15) is 4.79 Å². The van der Waals surface area contributed by atoms with Crippen molar-refractivity contribution in [3.05, 3.63) is 30.6 Å². The number of carbonyl (C=O) groups excluding carboxylic acids is 1. The molecule has 4 rings (SSSR count). The third-order valence-electron chi connectivity index (χ3n) is 4.34. The van der Waals surface area contributed by atoms with Crippen LogP contribution in [0.5, 0.6) is 0 Å². The maximum atomic E-state index is 12.5. The van der Waals surface area contributed by atoms with Crippen LogP contribution in [0.4, 0.5) is 5.82 Å². The zero-order chi connectivity index (χ0) is 17.1. The summed E-state index contributed by atoms with van der Waals surface area (Å²) in [5, 5.41) is 0. The maximum absolute atomic E-state index is 12.5. The van der Waals surface area contributed by atoms with Gasteiger partial charge in [0, 0.05) is 38.4 Å². The number of imidazole rings is 1. The third-order valence-corrected chi connectivity index (χ3v) is 4.34. The Balaban J connectivity index is 1.52. The number of morpholine rings is 2. The standard InChI is InChI=1S/C16H20N6O3/c23-16(21-3-7-25-8-4-21)13-10-22(12-19-13)15-9-14(17-11-18-15)20-1-5-24-6-2-20/h9-12H,1-8H2. The Labute approximate surface area is 145 Å². The quantitative estimate of drug-likeness (QED) is 0.773. The number of anilines is 1. The van der Waals surface area contributed by atoms with Crippen molar-refractivity contribution in [3.63, 3.8) is 0 Å². The molecule has 0 radical (unpaired) electrons. The Kier molecular flexibility index (Phi) is 4.57. The molecule has 132 valence electrons. The molecular formula is C16H20N6O3. The van der Waals surface area contributed by atoms with Crippen LogP contribution in [0.3, 0.4) is 0 Å². The molecule has 9 heteroatoms. The van der Waals surface area contributed by atoms with Gasteiger partial charge in [-0.2, -0.15) is 0 Å². The molecule has 2 aliphatic heterocycles. The van der Waals surface area contributed by atoms with E-state index in [4.69, 9.17) is 9.47 Å². The Hall–Kier alpha value is -2.52. The molecule has 0 aliphatic carbocycles. The van der Waals surface area contributed by atoms with E-state index in [1.165, 1.54) is 6.33 Å². The second-order valence-corrected chi connectivity index (χ2v) is 5.90. The average Bonchev–Trinajstić information content (AvgIpc) is 3.19. The van der Waals surface area contributed by atoms with Crippen molar-refractivity contribution >= 4 is 11.7 Å². The lowest BCUT2D eigenvalue weighted by molar-refractivity contribution is 0.0299. The number of hydrogen-bond donors (Lipinski definition) is 0. The predicted octanol–water partition coefficient (Wildman–Crippen LogP) is -0.0287. The number of ether oxygens (including phenoxy) is 2. The molecule has 2 aromatic rings. The molecule has 25 heavy (non-hydrogen) atoms. The number of aromatic nitrogens is 4. The van der Waals surface area contributed by atoms with Crippen molar-refractivity contribution in [2.45, 2.75) is 0 Å². The first-order chi connectivity index (χ1) is 12.3. The number of nitrogens with zero attached hydrogens (tertiary/aromatic N) is 6. The van der Waals surface area contributed by atoms with Gasteiger partial charge in [0.05, 0.1) is 26.4 Å². The topological polar surface area (TPSA) is 85.6 Å². The van der Waals surface area contributed by atoms with Gasteiger partial charge in [0.15, 0.2) is 0 Å². The van der Waals surface area contributed by atoms with E-state index in [0.717, 1.165) is 18.9 Å². The molecule has 0 atom stereocenters. The lowest BCUT2D eigenvalue weighted by Gasteiger charge is -2.27. The average molecular weight is 344 g/mol. The number of amides is 1. The molecule has 2 saturated heterocycles. The summed E-state index contributed by atoms with van der Waals surface area (Å²) in [6.07, 6.45) is 4.85. The summed E-state index contributed by atoms with van der Waals surface area (Å²) in [5.74, 6) is 1.46. The van der Waals surface area contributed by atoms with Crippen LogP contribution >= 0.6 is 0 Å². The molecule has 0 bridgehead atoms. The van der Waals surface area contributed by atoms with Gasteiger partial charge in [-0.3, -0.25) is 9.36 Å². The van der Waals surface area contributed by atoms with E-state index in [-0.39, 0.29) is 5.91 Å². The SMILES string of the molecule is O=C(c1cn(-c2cc(N3CCOCC3)ncn2)cn1)N1CCOCC1. The highest BCUT2D eigenvalue weighted by Gasteiger charge is 2.21. The molecule has 0 N–H and O–H groups in total. The first-order valence-corrected chi connectivity index (χ1v) is 8.37. The lowest BCUT2D eigenvalue weighted by Crippen LogP contribution is -2.40. The van der Waals surface area contributed by atoms with Crippen LogP contribution < -0.4 is 4.90 Å². The van der Waals surface area contributed by atoms with Gasteiger partial charge >= 0.3 is 0 Å². The molecule has 4 heterocycles. The van der Waals surface area contributed by atoms with E-state index in [1.54, 1.807) is 22.0 Å². The fraction of sp³-hybridized carbons (Fsp3) is 0.500. The minimum Gasteiger partial charge on any atom is -0.378 e. The first-order valence-electron chi connectivity index (χ1n) is 8.37. The van der Waals surface area contributed by atoms with Crippen LogP contribution in [-0.2, 0) is 9.47 Å². The van der Waals surface area contributed by atoms with E-state index >= 15 is 0 Å². The number of carbonyl (C=O) groups is 1. The summed E-state index contributed by atoms with van der Waals surface area (Å²) in [6.45, 7) is 5.34. The van der Waals surface area contributed by atoms with Crippen molar-refractivity contribution < 1.29 is 14.3 Å². The van der Waals surface area contributed by atoms with Gasteiger partial charge in [0.2, 0.25) is 0 Å². The number of hydrogen-bond acceptors (Lipinski definition) is 7. The molecule has 0 saturated carbocycles. The Morgan fingerprint density at radius 1 is 0.920 bits per heavy atom. The highest BCUT2D eigenvalue weighted by molar-refractivity contribution is 5.92. The van der Waals surface area contributed by atoms with Gasteiger partial charge < -0.3 is 19.3 Å². The van der Waals surface area contributed by atoms with Crippen molar-refractivity contribution in [2.75, 3.05) is 57.5 Å². The molecule has 9 nitrogen and oxygen atoms in total. The smallest absolute Gasteiger partial charge is 0.274 e. The molecule has 2 aliphatic rings. The first kappa shape index (κ1) is 16.0. The fourth-order valence-corrected chi connectivity index (χ4v) is 2.93. The summed E-state index contributed by atoms with van der Waals surface area (Å²) in [5.41, 5.74) is 0.411. The van der Waals surface area contributed by atoms with Gasteiger partial charge in [-0.1, -0.05) is 0 Å². The van der Waals surface area contributed by atoms with Gasteiger partial charge in [0.1, 0.15) is 30.0 Å². The van der Waals surface area contributed by atoms with E-state index < -0.39 is 0 Å². The Bertz CT molecular complexity index is 737. The largest absolute Gasteiger partial charge is 0.378 e. The zero-order valence-corrected chi connectivity index (χ0v) is 13.9. The molecule has 2 aromatic heterocycles. The predicted molar refractivity (Wildman–Crippen MR) is 88.9 cm³/mol. The molecular weight excluding hydrogens is 324 g/mol. The van der Waals surface area contributed by atoms with E-state index in [2.05, 4.69) is 19.9 Å². The summed E-state index contributed by atoms with van der Waals surface area (Å²) in [7, 11) is 0. The normalized spacial score (nSPS) is 18.4. The monoisotopic (exact) mass is 344 g/mol. The maximum Gasteiger partial charge on any atom is 0.274 e. The minimum absolute atomic E-state index is 0.0792. The highest BCUT2D eigenvalue weighted by Crippen LogP contribution is 2.16. The van der Waals surface area contributed by atoms with E-state index in [1.807, 2.05) is 6.07 Å². The van der Waals surface area contributed by atoms with Crippen LogP contribution in [0, 0.1) is 0 Å². The van der Waals surface area contributed by atoms with Crippen LogP contribution in [0.25, 0.3) is 5.82 Å². The molecule has 2 fully saturated rings. The minimum atomic E-state index is -0.0792. The molecule has 0 spiro atoms. The Morgan fingerprint density at radius 2 is 1.60 bits per heavy atom. The summed E-state index contributed by atoms with van der Waals surface area (Å²) in [4.78, 5) is 29.3. The third kappa shape index (κ3) is 3.47. The lowest BCUT2D eigenvalue weighted by atomic mass is 10.3. The van der Waals surface area contributed by atoms with Gasteiger partial charge in [-0.15, -0.1) is 0 Å². The molecule has 0 unspecified atom stereocenters. The van der Waals surface area contributed by atoms with Crippen LogP contribution in [0.2, 0.25) is 0 Å². The number of rotatable bonds is 3. The highest BCUT2D eigenvalue weighted by atomic mass is 16.5. The van der Waals surface area contributed by atoms with Crippen molar-refractivity contribution in [1.29, 1.82) is 0 Å². The van der Waals surface area contributed by atoms with Gasteiger partial charge in [-0.25, -0.2) is 15.0 Å². The van der Waals surface area contributed by atoms with Crippen molar-refractivity contribution in [1.82, 2.24) is 24.4 Å². The Morgan fingerprint density at radius 3 is 2.36 bits per heavy atom. The van der Waals surface area contributed by atoms with E-state index in [0.29, 0.717) is 51.0 Å². The summed E-state index contributed by atoms with van der Waals surface area (Å²) in [6, 6.07) is 1.90. The van der Waals surface area contributed by atoms with Crippen molar-refractivity contribution in [3.8, 4) is 5.82 Å². The fourth-order valence-electron chi connectivity index (χ4n) is 2.93. The second-order valence-electron chi connectivity index (χ2n) is 5.90. The van der Waals surface area contributed by atoms with Crippen LogP contribution in [0.1, 0.15) is 10.5 Å². The van der Waals surface area contributed by atoms with Crippen LogP contribution in [-0.4, -0.2) is 82.9 Å². The van der Waals surface area contributed by atoms with Gasteiger partial charge in [-0.05, 0) is 0 Å². The van der Waals surface area contributed by atoms with Crippen LogP contribution in [0.15, 0.2) is 24.9 Å². The van der Waals surface area contributed by atoms with Crippen molar-refractivity contribution in [2.24, 2.45) is 0 Å². The zero-order valence-electron chi connectivity index (χ0n) is 13.9. The molecule has 0 aromatic carbocycles. The van der Waals surface area contributed by atoms with Gasteiger partial charge in [0.25, 0.3) is 5.91 Å². The second kappa shape index (κ2) is 7.16. The summed E-state index contributed by atoms with van der Waals surface area (Å²) < 4.78 is 12.4. The summed E-state index contributed by atoms with van der Waals surface area (Å²) >= 11 is 0. The molecule has 1 amide bonds.